The van der Waals surface area contributed by atoms with Crippen molar-refractivity contribution in [3.05, 3.63) is 99.2 Å². The molecule has 0 unspecified atom stereocenters. The Hall–Kier alpha value is -4.27. The first-order valence-corrected chi connectivity index (χ1v) is 20.1. The zero-order valence-electron chi connectivity index (χ0n) is 31.4. The molecule has 6 N–H and O–H groups in total. The van der Waals surface area contributed by atoms with Crippen molar-refractivity contribution in [2.75, 3.05) is 51.1 Å². The van der Waals surface area contributed by atoms with E-state index in [0.717, 1.165) is 92.6 Å². The van der Waals surface area contributed by atoms with Crippen molar-refractivity contribution in [2.24, 2.45) is 5.73 Å². The van der Waals surface area contributed by atoms with E-state index in [1.54, 1.807) is 24.3 Å². The lowest BCUT2D eigenvalue weighted by molar-refractivity contribution is -0.130. The Balaban J connectivity index is 1.21. The summed E-state index contributed by atoms with van der Waals surface area (Å²) in [6.45, 7) is 6.64. The molecule has 56 heavy (non-hydrogen) atoms. The number of carbonyl (C=O) groups excluding carboxylic acids is 3. The fraction of sp³-hybridized carbons (Fsp3) is 0.439. The predicted molar refractivity (Wildman–Crippen MR) is 217 cm³/mol. The van der Waals surface area contributed by atoms with E-state index in [9.17, 15) is 23.2 Å². The van der Waals surface area contributed by atoms with Gasteiger partial charge in [-0.05, 0) is 119 Å². The average Bonchev–Trinajstić information content (AvgIpc) is 3.96. The van der Waals surface area contributed by atoms with Crippen LogP contribution in [0.15, 0.2) is 60.8 Å². The molecule has 2 saturated heterocycles. The molecule has 2 fully saturated rings. The number of nitrogens with two attached hydrogens (primary N) is 1. The number of nitrogens with zero attached hydrogens (tertiary/aromatic N) is 3. The molecule has 1 aromatic heterocycles. The molecule has 2 atom stereocenters. The molecule has 3 aromatic carbocycles. The van der Waals surface area contributed by atoms with Crippen LogP contribution < -0.4 is 27.0 Å². The third-order valence-electron chi connectivity index (χ3n) is 10.5. The number of anilines is 1. The van der Waals surface area contributed by atoms with Crippen LogP contribution in [0.5, 0.6) is 0 Å². The normalized spacial score (nSPS) is 15.9. The van der Waals surface area contributed by atoms with E-state index >= 15 is 0 Å². The highest BCUT2D eigenvalue weighted by molar-refractivity contribution is 6.36. The number of amides is 4. The van der Waals surface area contributed by atoms with Crippen molar-refractivity contribution in [2.45, 2.75) is 70.1 Å². The zero-order chi connectivity index (χ0) is 39.6. The van der Waals surface area contributed by atoms with Crippen LogP contribution in [0.25, 0.3) is 10.9 Å². The number of hydrogen-bond donors (Lipinski definition) is 5. The second-order valence-corrected chi connectivity index (χ2v) is 15.4. The molecule has 0 saturated carbocycles. The summed E-state index contributed by atoms with van der Waals surface area (Å²) in [4.78, 5) is 45.5. The van der Waals surface area contributed by atoms with E-state index in [1.165, 1.54) is 6.07 Å². The van der Waals surface area contributed by atoms with Gasteiger partial charge in [-0.1, -0.05) is 41.4 Å². The van der Waals surface area contributed by atoms with Gasteiger partial charge in [0, 0.05) is 58.9 Å². The minimum absolute atomic E-state index is 0.170. The Kier molecular flexibility index (Phi) is 14.6. The molecule has 0 spiro atoms. The van der Waals surface area contributed by atoms with Crippen LogP contribution in [0.2, 0.25) is 10.0 Å². The highest BCUT2D eigenvalue weighted by Crippen LogP contribution is 2.31. The Bertz CT molecular complexity index is 1980. The number of hydrogen-bond acceptors (Lipinski definition) is 6. The first kappa shape index (κ1) is 41.4. The third-order valence-corrected chi connectivity index (χ3v) is 11.2. The van der Waals surface area contributed by atoms with E-state index < -0.39 is 35.7 Å². The number of benzene rings is 3. The van der Waals surface area contributed by atoms with Crippen LogP contribution >= 0.6 is 23.2 Å². The SMILES string of the molecule is NCCC[C@H](NC(=O)[C@H](Cc1ccc(F)c(F)c1)NC(=O)Nc1ccc2c(CN3CCCC3)cn(Cc3c(Cl)cccc3Cl)c2c1)C(=O)NCCN1CCCC1. The van der Waals surface area contributed by atoms with Crippen LogP contribution in [-0.2, 0) is 29.1 Å². The fourth-order valence-electron chi connectivity index (χ4n) is 7.50. The van der Waals surface area contributed by atoms with Gasteiger partial charge >= 0.3 is 6.03 Å². The average molecular weight is 812 g/mol. The molecule has 0 bridgehead atoms. The van der Waals surface area contributed by atoms with Gasteiger partial charge in [-0.3, -0.25) is 14.5 Å². The molecular formula is C41H50Cl2F2N8O3. The van der Waals surface area contributed by atoms with E-state index in [2.05, 4.69) is 41.8 Å². The van der Waals surface area contributed by atoms with Gasteiger partial charge in [-0.25, -0.2) is 13.6 Å². The van der Waals surface area contributed by atoms with Gasteiger partial charge in [-0.2, -0.15) is 0 Å². The third kappa shape index (κ3) is 11.0. The maximum absolute atomic E-state index is 14.3. The van der Waals surface area contributed by atoms with E-state index in [4.69, 9.17) is 28.9 Å². The van der Waals surface area contributed by atoms with Crippen LogP contribution in [-0.4, -0.2) is 90.1 Å². The van der Waals surface area contributed by atoms with Gasteiger partial charge in [-0.15, -0.1) is 0 Å². The van der Waals surface area contributed by atoms with Gasteiger partial charge in [0.25, 0.3) is 0 Å². The summed E-state index contributed by atoms with van der Waals surface area (Å²) in [7, 11) is 0. The summed E-state index contributed by atoms with van der Waals surface area (Å²) in [5.74, 6) is -3.13. The molecule has 0 aliphatic carbocycles. The molecule has 0 radical (unpaired) electrons. The lowest BCUT2D eigenvalue weighted by Crippen LogP contribution is -2.55. The molecule has 2 aliphatic rings. The molecule has 4 aromatic rings. The molecule has 15 heteroatoms. The topological polar surface area (TPSA) is 137 Å². The monoisotopic (exact) mass is 810 g/mol. The smallest absolute Gasteiger partial charge is 0.319 e. The van der Waals surface area contributed by atoms with Crippen LogP contribution in [0.3, 0.4) is 0 Å². The lowest BCUT2D eigenvalue weighted by Gasteiger charge is -2.24. The number of urea groups is 1. The van der Waals surface area contributed by atoms with Crippen molar-refractivity contribution in [1.82, 2.24) is 30.3 Å². The maximum Gasteiger partial charge on any atom is 0.319 e. The molecule has 2 aliphatic heterocycles. The van der Waals surface area contributed by atoms with E-state index in [0.29, 0.717) is 48.3 Å². The first-order valence-electron chi connectivity index (χ1n) is 19.4. The summed E-state index contributed by atoms with van der Waals surface area (Å²) in [6.07, 6.45) is 7.25. The number of likely N-dealkylation sites (tertiary alicyclic amines) is 2. The molecular weight excluding hydrogens is 761 g/mol. The quantitative estimate of drug-likeness (QED) is 0.0883. The summed E-state index contributed by atoms with van der Waals surface area (Å²) < 4.78 is 30.1. The van der Waals surface area contributed by atoms with Gasteiger partial charge in [0.1, 0.15) is 12.1 Å². The molecule has 4 amide bonds. The molecule has 300 valence electrons. The Labute approximate surface area is 336 Å². The summed E-state index contributed by atoms with van der Waals surface area (Å²) in [6, 6.07) is 11.4. The summed E-state index contributed by atoms with van der Waals surface area (Å²) in [5, 5.41) is 13.4. The standard InChI is InChI=1S/C41H50Cl2F2N8O3/c42-32-7-5-8-33(43)31(32)26-53-25-28(24-52-18-3-4-19-52)30-12-11-29(23-38(30)53)48-41(56)50-37(22-27-10-13-34(44)35(45)21-27)40(55)49-36(9-6-14-46)39(54)47-15-20-51-16-1-2-17-51/h5,7-8,10-13,21,23,25,36-37H,1-4,6,9,14-20,22,24,26,46H2,(H,47,54)(H,49,55)(H2,48,50,56)/t36-,37-/m0/s1. The lowest BCUT2D eigenvalue weighted by atomic mass is 10.0. The Morgan fingerprint density at radius 1 is 0.804 bits per heavy atom. The molecule has 6 rings (SSSR count). The molecule has 3 heterocycles. The summed E-state index contributed by atoms with van der Waals surface area (Å²) >= 11 is 13.1. The largest absolute Gasteiger partial charge is 0.353 e. The van der Waals surface area contributed by atoms with Crippen molar-refractivity contribution >= 4 is 57.6 Å². The maximum atomic E-state index is 14.3. The van der Waals surface area contributed by atoms with Crippen LogP contribution in [0.4, 0.5) is 19.3 Å². The van der Waals surface area contributed by atoms with Crippen molar-refractivity contribution in [1.29, 1.82) is 0 Å². The molecule has 11 nitrogen and oxygen atoms in total. The predicted octanol–water partition coefficient (Wildman–Crippen LogP) is 6.04. The van der Waals surface area contributed by atoms with E-state index in [1.807, 2.05) is 12.1 Å². The number of rotatable bonds is 17. The van der Waals surface area contributed by atoms with Crippen molar-refractivity contribution < 1.29 is 23.2 Å². The first-order chi connectivity index (χ1) is 27.1. The number of carbonyl (C=O) groups is 3. The van der Waals surface area contributed by atoms with E-state index in [-0.39, 0.29) is 24.3 Å². The van der Waals surface area contributed by atoms with Gasteiger partial charge < -0.3 is 36.5 Å². The second kappa shape index (κ2) is 19.7. The number of halogens is 4. The highest BCUT2D eigenvalue weighted by atomic mass is 35.5. The fourth-order valence-corrected chi connectivity index (χ4v) is 8.02. The van der Waals surface area contributed by atoms with Crippen LogP contribution in [0, 0.1) is 11.6 Å². The van der Waals surface area contributed by atoms with Gasteiger partial charge in [0.15, 0.2) is 11.6 Å². The van der Waals surface area contributed by atoms with Gasteiger partial charge in [0.2, 0.25) is 11.8 Å². The minimum Gasteiger partial charge on any atom is -0.353 e. The number of aromatic nitrogens is 1. The number of fused-ring (bicyclic) bond motifs is 1. The zero-order valence-corrected chi connectivity index (χ0v) is 32.9. The Morgan fingerprint density at radius 2 is 1.52 bits per heavy atom. The highest BCUT2D eigenvalue weighted by Gasteiger charge is 2.28. The Morgan fingerprint density at radius 3 is 2.21 bits per heavy atom. The van der Waals surface area contributed by atoms with Gasteiger partial charge in [0.05, 0.1) is 12.1 Å². The minimum atomic E-state index is -1.25. The summed E-state index contributed by atoms with van der Waals surface area (Å²) in [5.41, 5.74) is 9.24. The second-order valence-electron chi connectivity index (χ2n) is 14.6. The van der Waals surface area contributed by atoms with Crippen LogP contribution in [0.1, 0.15) is 55.2 Å². The van der Waals surface area contributed by atoms with Crippen molar-refractivity contribution in [3.63, 3.8) is 0 Å². The van der Waals surface area contributed by atoms with Crippen molar-refractivity contribution in [3.8, 4) is 0 Å². The number of nitrogens with one attached hydrogen (secondary N) is 4.